The molecule has 0 radical (unpaired) electrons. The van der Waals surface area contributed by atoms with Crippen LogP contribution in [-0.2, 0) is 10.0 Å². The summed E-state index contributed by atoms with van der Waals surface area (Å²) in [5.41, 5.74) is 2.89. The van der Waals surface area contributed by atoms with Gasteiger partial charge in [-0.2, -0.15) is 11.3 Å². The largest absolute Gasteiger partial charge is 0.242 e. The van der Waals surface area contributed by atoms with Crippen molar-refractivity contribution in [2.24, 2.45) is 0 Å². The monoisotopic (exact) mass is 430 g/mol. The number of aromatic nitrogens is 1. The van der Waals surface area contributed by atoms with Crippen LogP contribution in [0.2, 0.25) is 0 Å². The summed E-state index contributed by atoms with van der Waals surface area (Å²) in [6.07, 6.45) is 0. The number of rotatable bonds is 4. The van der Waals surface area contributed by atoms with Crippen LogP contribution in [0.15, 0.2) is 51.4 Å². The average molecular weight is 431 g/mol. The van der Waals surface area contributed by atoms with E-state index >= 15 is 0 Å². The Morgan fingerprint density at radius 1 is 1.00 bits per heavy atom. The summed E-state index contributed by atoms with van der Waals surface area (Å²) in [5, 5.41) is 7.05. The van der Waals surface area contributed by atoms with Crippen LogP contribution in [0.25, 0.3) is 21.8 Å². The summed E-state index contributed by atoms with van der Waals surface area (Å²) in [6, 6.07) is 8.87. The number of halogens is 1. The van der Waals surface area contributed by atoms with Gasteiger partial charge in [0.25, 0.3) is 0 Å². The fourth-order valence-corrected chi connectivity index (χ4v) is 4.38. The maximum atomic E-state index is 12.1. The normalized spacial score (nSPS) is 11.4. The van der Waals surface area contributed by atoms with Gasteiger partial charge in [0.1, 0.15) is 5.01 Å². The van der Waals surface area contributed by atoms with Gasteiger partial charge in [-0.3, -0.25) is 0 Å². The highest BCUT2D eigenvalue weighted by Crippen LogP contribution is 2.30. The van der Waals surface area contributed by atoms with Crippen LogP contribution in [0.3, 0.4) is 0 Å². The van der Waals surface area contributed by atoms with Crippen molar-refractivity contribution >= 4 is 49.7 Å². The molecule has 0 N–H and O–H groups in total. The lowest BCUT2D eigenvalue weighted by molar-refractivity contribution is 0.521. The summed E-state index contributed by atoms with van der Waals surface area (Å²) < 4.78 is 25.3. The Morgan fingerprint density at radius 3 is 2.26 bits per heavy atom. The van der Waals surface area contributed by atoms with Gasteiger partial charge in [-0.25, -0.2) is 17.7 Å². The topological polar surface area (TPSA) is 50.3 Å². The smallest absolute Gasteiger partial charge is 0.236 e. The zero-order valence-electron chi connectivity index (χ0n) is 12.5. The zero-order valence-corrected chi connectivity index (χ0v) is 16.6. The highest BCUT2D eigenvalue weighted by molar-refractivity contribution is 8.93. The molecule has 0 amide bonds. The maximum Gasteiger partial charge on any atom is 0.242 e. The van der Waals surface area contributed by atoms with Crippen LogP contribution in [0.4, 0.5) is 0 Å². The zero-order chi connectivity index (χ0) is 15.7. The van der Waals surface area contributed by atoms with Gasteiger partial charge in [0.2, 0.25) is 10.0 Å². The Bertz CT molecular complexity index is 870. The highest BCUT2D eigenvalue weighted by Gasteiger charge is 2.17. The Morgan fingerprint density at radius 2 is 1.70 bits per heavy atom. The van der Waals surface area contributed by atoms with Crippen molar-refractivity contribution in [3.8, 4) is 21.8 Å². The van der Waals surface area contributed by atoms with E-state index in [-0.39, 0.29) is 21.9 Å². The minimum Gasteiger partial charge on any atom is -0.236 e. The van der Waals surface area contributed by atoms with Gasteiger partial charge in [-0.1, -0.05) is 12.1 Å². The molecule has 0 saturated heterocycles. The third-order valence-electron chi connectivity index (χ3n) is 3.20. The van der Waals surface area contributed by atoms with E-state index in [1.807, 2.05) is 16.8 Å². The molecule has 2 aromatic heterocycles. The van der Waals surface area contributed by atoms with Crippen molar-refractivity contribution in [1.82, 2.24) is 9.29 Å². The second-order valence-electron chi connectivity index (χ2n) is 4.86. The minimum atomic E-state index is -3.39. The third-order valence-corrected chi connectivity index (χ3v) is 6.60. The SMILES string of the molecule is Br.CN(C)S(=O)(=O)c1ccc(-c2csc(-c3ccsc3)n2)cc1. The summed E-state index contributed by atoms with van der Waals surface area (Å²) in [4.78, 5) is 4.90. The standard InChI is InChI=1S/C15H14N2O2S3.BrH/c1-17(2)22(18,19)13-5-3-11(4-6-13)14-10-21-15(16-14)12-7-8-20-9-12;/h3-10H,1-2H3;1H. The van der Waals surface area contributed by atoms with E-state index in [2.05, 4.69) is 10.4 Å². The van der Waals surface area contributed by atoms with Crippen molar-refractivity contribution in [1.29, 1.82) is 0 Å². The quantitative estimate of drug-likeness (QED) is 0.617. The molecule has 0 aliphatic rings. The van der Waals surface area contributed by atoms with Crippen molar-refractivity contribution in [3.05, 3.63) is 46.5 Å². The van der Waals surface area contributed by atoms with Crippen molar-refractivity contribution in [3.63, 3.8) is 0 Å². The van der Waals surface area contributed by atoms with Crippen LogP contribution in [0.5, 0.6) is 0 Å². The van der Waals surface area contributed by atoms with Crippen LogP contribution in [-0.4, -0.2) is 31.8 Å². The van der Waals surface area contributed by atoms with E-state index in [9.17, 15) is 8.42 Å². The Balaban J connectivity index is 0.00000192. The van der Waals surface area contributed by atoms with Gasteiger partial charge in [-0.15, -0.1) is 28.3 Å². The number of sulfonamides is 1. The van der Waals surface area contributed by atoms with Crippen molar-refractivity contribution in [2.75, 3.05) is 14.1 Å². The van der Waals surface area contributed by atoms with Crippen molar-refractivity contribution in [2.45, 2.75) is 4.90 Å². The van der Waals surface area contributed by atoms with E-state index in [0.717, 1.165) is 21.8 Å². The molecule has 0 aliphatic heterocycles. The number of nitrogens with zero attached hydrogens (tertiary/aromatic N) is 2. The van der Waals surface area contributed by atoms with E-state index < -0.39 is 10.0 Å². The second kappa shape index (κ2) is 7.23. The van der Waals surface area contributed by atoms with Gasteiger partial charge < -0.3 is 0 Å². The van der Waals surface area contributed by atoms with Crippen LogP contribution in [0.1, 0.15) is 0 Å². The van der Waals surface area contributed by atoms with Gasteiger partial charge in [0.15, 0.2) is 0 Å². The molecule has 2 heterocycles. The first-order valence-electron chi connectivity index (χ1n) is 6.49. The van der Waals surface area contributed by atoms with Gasteiger partial charge >= 0.3 is 0 Å². The van der Waals surface area contributed by atoms with E-state index in [4.69, 9.17) is 0 Å². The minimum absolute atomic E-state index is 0. The van der Waals surface area contributed by atoms with Crippen LogP contribution >= 0.6 is 39.7 Å². The molecule has 0 aliphatic carbocycles. The number of hydrogen-bond acceptors (Lipinski definition) is 5. The van der Waals surface area contributed by atoms with Gasteiger partial charge in [-0.05, 0) is 23.6 Å². The average Bonchev–Trinajstić information content (AvgIpc) is 3.18. The first-order chi connectivity index (χ1) is 10.5. The molecular formula is C15H15BrN2O2S3. The number of thiazole rings is 1. The Hall–Kier alpha value is -1.06. The van der Waals surface area contributed by atoms with E-state index in [1.54, 1.807) is 46.9 Å². The third kappa shape index (κ3) is 3.72. The molecular weight excluding hydrogens is 416 g/mol. The Kier molecular flexibility index (Phi) is 5.74. The first-order valence-corrected chi connectivity index (χ1v) is 9.76. The van der Waals surface area contributed by atoms with Crippen LogP contribution < -0.4 is 0 Å². The molecule has 8 heteroatoms. The predicted molar refractivity (Wildman–Crippen MR) is 102 cm³/mol. The molecule has 1 aromatic carbocycles. The summed E-state index contributed by atoms with van der Waals surface area (Å²) in [7, 11) is -0.340. The molecule has 3 aromatic rings. The summed E-state index contributed by atoms with van der Waals surface area (Å²) in [6.45, 7) is 0. The summed E-state index contributed by atoms with van der Waals surface area (Å²) >= 11 is 3.23. The second-order valence-corrected chi connectivity index (χ2v) is 8.65. The fourth-order valence-electron chi connectivity index (χ4n) is 1.93. The molecule has 0 saturated carbocycles. The van der Waals surface area contributed by atoms with Gasteiger partial charge in [0, 0.05) is 36.0 Å². The first kappa shape index (κ1) is 18.3. The number of hydrogen-bond donors (Lipinski definition) is 0. The lowest BCUT2D eigenvalue weighted by Gasteiger charge is -2.11. The van der Waals surface area contributed by atoms with E-state index in [0.29, 0.717) is 0 Å². The Labute approximate surface area is 154 Å². The number of benzene rings is 1. The lowest BCUT2D eigenvalue weighted by atomic mass is 10.2. The molecule has 0 bridgehead atoms. The van der Waals surface area contributed by atoms with Crippen molar-refractivity contribution < 1.29 is 8.42 Å². The number of thiophene rings is 1. The lowest BCUT2D eigenvalue weighted by Crippen LogP contribution is -2.22. The maximum absolute atomic E-state index is 12.1. The van der Waals surface area contributed by atoms with Crippen LogP contribution in [0, 0.1) is 0 Å². The van der Waals surface area contributed by atoms with E-state index in [1.165, 1.54) is 18.4 Å². The molecule has 0 unspecified atom stereocenters. The fraction of sp³-hybridized carbons (Fsp3) is 0.133. The summed E-state index contributed by atoms with van der Waals surface area (Å²) in [5.74, 6) is 0. The highest BCUT2D eigenvalue weighted by atomic mass is 79.9. The molecule has 0 fully saturated rings. The molecule has 4 nitrogen and oxygen atoms in total. The molecule has 0 atom stereocenters. The predicted octanol–water partition coefficient (Wildman–Crippen LogP) is 4.37. The van der Waals surface area contributed by atoms with Gasteiger partial charge in [0.05, 0.1) is 10.6 Å². The molecule has 23 heavy (non-hydrogen) atoms. The molecule has 3 rings (SSSR count). The molecule has 0 spiro atoms. The molecule has 122 valence electrons.